The summed E-state index contributed by atoms with van der Waals surface area (Å²) in [6.07, 6.45) is 1.88. The van der Waals surface area contributed by atoms with Crippen LogP contribution < -0.4 is 5.56 Å². The van der Waals surface area contributed by atoms with Gasteiger partial charge in [0.2, 0.25) is 0 Å². The summed E-state index contributed by atoms with van der Waals surface area (Å²) in [5, 5.41) is 0. The molecule has 0 unspecified atom stereocenters. The zero-order valence-corrected chi connectivity index (χ0v) is 16.9. The van der Waals surface area contributed by atoms with Crippen LogP contribution in [0.3, 0.4) is 0 Å². The van der Waals surface area contributed by atoms with Crippen LogP contribution in [-0.4, -0.2) is 46.8 Å². The Labute approximate surface area is 160 Å². The van der Waals surface area contributed by atoms with Crippen molar-refractivity contribution in [1.82, 2.24) is 9.47 Å². The van der Waals surface area contributed by atoms with Crippen LogP contribution in [0, 0.1) is 5.92 Å². The highest BCUT2D eigenvalue weighted by atomic mass is 16.6. The molecule has 0 bridgehead atoms. The van der Waals surface area contributed by atoms with E-state index in [4.69, 9.17) is 9.47 Å². The molecule has 0 radical (unpaired) electrons. The van der Waals surface area contributed by atoms with Crippen LogP contribution in [0.25, 0.3) is 0 Å². The number of nitrogens with zero attached hydrogens (tertiary/aromatic N) is 2. The minimum absolute atomic E-state index is 0.0906. The number of likely N-dealkylation sites (tertiary alicyclic amines) is 1. The fraction of sp³-hybridized carbons (Fsp3) is 0.650. The Morgan fingerprint density at radius 3 is 2.52 bits per heavy atom. The third kappa shape index (κ3) is 5.34. The predicted octanol–water partition coefficient (Wildman–Crippen LogP) is 2.77. The third-order valence-corrected chi connectivity index (χ3v) is 4.64. The van der Waals surface area contributed by atoms with Gasteiger partial charge in [-0.2, -0.15) is 0 Å². The second kappa shape index (κ2) is 8.59. The van der Waals surface area contributed by atoms with Crippen LogP contribution in [0.5, 0.6) is 0 Å². The molecule has 7 nitrogen and oxygen atoms in total. The minimum Gasteiger partial charge on any atom is -0.466 e. The number of amides is 1. The number of pyridine rings is 1. The first-order valence-electron chi connectivity index (χ1n) is 9.51. The van der Waals surface area contributed by atoms with Gasteiger partial charge in [-0.3, -0.25) is 9.59 Å². The van der Waals surface area contributed by atoms with Gasteiger partial charge in [0.05, 0.1) is 12.5 Å². The van der Waals surface area contributed by atoms with E-state index in [0.717, 1.165) is 5.56 Å². The number of aryl methyl sites for hydroxylation is 1. The molecule has 2 atom stereocenters. The third-order valence-electron chi connectivity index (χ3n) is 4.64. The van der Waals surface area contributed by atoms with Gasteiger partial charge in [-0.15, -0.1) is 0 Å². The molecule has 0 aromatic carbocycles. The van der Waals surface area contributed by atoms with E-state index in [9.17, 15) is 14.4 Å². The summed E-state index contributed by atoms with van der Waals surface area (Å²) in [5.74, 6) is -1.04. The van der Waals surface area contributed by atoms with Crippen molar-refractivity contribution in [2.45, 2.75) is 59.1 Å². The molecule has 1 aliphatic heterocycles. The number of esters is 1. The van der Waals surface area contributed by atoms with Crippen LogP contribution in [-0.2, 0) is 20.8 Å². The van der Waals surface area contributed by atoms with E-state index in [1.807, 2.05) is 33.8 Å². The van der Waals surface area contributed by atoms with Gasteiger partial charge in [-0.25, -0.2) is 4.79 Å². The Bertz CT molecular complexity index is 735. The van der Waals surface area contributed by atoms with E-state index in [1.165, 1.54) is 0 Å². The van der Waals surface area contributed by atoms with Crippen molar-refractivity contribution in [1.29, 1.82) is 0 Å². The van der Waals surface area contributed by atoms with E-state index in [2.05, 4.69) is 0 Å². The lowest BCUT2D eigenvalue weighted by Crippen LogP contribution is -2.48. The average Bonchev–Trinajstić information content (AvgIpc) is 2.60. The first-order valence-corrected chi connectivity index (χ1v) is 9.51. The number of rotatable bonds is 4. The van der Waals surface area contributed by atoms with Gasteiger partial charge in [0.25, 0.3) is 5.56 Å². The van der Waals surface area contributed by atoms with Crippen molar-refractivity contribution >= 4 is 12.1 Å². The molecule has 0 spiro atoms. The number of ether oxygens (including phenoxy) is 2. The molecular weight excluding hydrogens is 348 g/mol. The molecular formula is C20H30N2O5. The minimum atomic E-state index is -0.599. The average molecular weight is 378 g/mol. The molecule has 1 aromatic heterocycles. The maximum atomic E-state index is 12.6. The number of carbonyl (C=O) groups is 2. The smallest absolute Gasteiger partial charge is 0.410 e. The lowest BCUT2D eigenvalue weighted by atomic mass is 9.81. The molecule has 2 rings (SSSR count). The van der Waals surface area contributed by atoms with Crippen molar-refractivity contribution in [3.05, 3.63) is 34.2 Å². The lowest BCUT2D eigenvalue weighted by molar-refractivity contribution is -0.150. The topological polar surface area (TPSA) is 77.8 Å². The van der Waals surface area contributed by atoms with Crippen molar-refractivity contribution in [2.75, 3.05) is 19.7 Å². The van der Waals surface area contributed by atoms with Gasteiger partial charge in [-0.1, -0.05) is 0 Å². The Morgan fingerprint density at radius 2 is 1.96 bits per heavy atom. The molecule has 0 saturated carbocycles. The summed E-state index contributed by atoms with van der Waals surface area (Å²) in [5.41, 5.74) is 0.122. The largest absolute Gasteiger partial charge is 0.466 e. The highest BCUT2D eigenvalue weighted by molar-refractivity contribution is 5.76. The molecule has 1 aliphatic rings. The number of hydrogen-bond acceptors (Lipinski definition) is 5. The van der Waals surface area contributed by atoms with Crippen molar-refractivity contribution in [3.63, 3.8) is 0 Å². The van der Waals surface area contributed by atoms with Crippen LogP contribution in [0.4, 0.5) is 4.79 Å². The maximum Gasteiger partial charge on any atom is 0.410 e. The standard InChI is InChI=1S/C20H30N2O5/c1-6-21-10-8-14(12-17(21)23)15-9-11-22(19(25)27-20(3,4)5)13-16(15)18(24)26-7-2/h8,10,12,15-16H,6-7,9,11,13H2,1-5H3/t15-,16+/m1/s1. The molecule has 150 valence electrons. The highest BCUT2D eigenvalue weighted by Crippen LogP contribution is 2.34. The van der Waals surface area contributed by atoms with E-state index < -0.39 is 17.6 Å². The summed E-state index contributed by atoms with van der Waals surface area (Å²) in [6.45, 7) is 10.6. The summed E-state index contributed by atoms with van der Waals surface area (Å²) in [6, 6.07) is 3.47. The molecule has 0 aliphatic carbocycles. The second-order valence-corrected chi connectivity index (χ2v) is 7.76. The Hall–Kier alpha value is -2.31. The van der Waals surface area contributed by atoms with Crippen LogP contribution in [0.1, 0.15) is 52.5 Å². The van der Waals surface area contributed by atoms with Crippen molar-refractivity contribution in [3.8, 4) is 0 Å². The zero-order chi connectivity index (χ0) is 20.2. The first-order chi connectivity index (χ1) is 12.7. The Morgan fingerprint density at radius 1 is 1.26 bits per heavy atom. The molecule has 1 fully saturated rings. The maximum absolute atomic E-state index is 12.6. The summed E-state index contributed by atoms with van der Waals surface area (Å²) < 4.78 is 12.3. The quantitative estimate of drug-likeness (QED) is 0.753. The second-order valence-electron chi connectivity index (χ2n) is 7.76. The van der Waals surface area contributed by atoms with Gasteiger partial charge in [0.15, 0.2) is 0 Å². The molecule has 7 heteroatoms. The number of aromatic nitrogens is 1. The molecule has 27 heavy (non-hydrogen) atoms. The fourth-order valence-corrected chi connectivity index (χ4v) is 3.35. The van der Waals surface area contributed by atoms with Gasteiger partial charge >= 0.3 is 12.1 Å². The number of hydrogen-bond donors (Lipinski definition) is 0. The van der Waals surface area contributed by atoms with E-state index in [1.54, 1.807) is 28.7 Å². The summed E-state index contributed by atoms with van der Waals surface area (Å²) >= 11 is 0. The van der Waals surface area contributed by atoms with Gasteiger partial charge in [0, 0.05) is 37.8 Å². The molecule has 1 amide bonds. The van der Waals surface area contributed by atoms with Crippen molar-refractivity contribution in [2.24, 2.45) is 5.92 Å². The molecule has 1 aromatic rings. The summed E-state index contributed by atoms with van der Waals surface area (Å²) in [4.78, 5) is 38.7. The van der Waals surface area contributed by atoms with Gasteiger partial charge in [0.1, 0.15) is 5.60 Å². The molecule has 1 saturated heterocycles. The summed E-state index contributed by atoms with van der Waals surface area (Å²) in [7, 11) is 0. The van der Waals surface area contributed by atoms with Gasteiger partial charge in [-0.05, 0) is 52.7 Å². The van der Waals surface area contributed by atoms with Crippen molar-refractivity contribution < 1.29 is 19.1 Å². The number of piperidine rings is 1. The zero-order valence-electron chi connectivity index (χ0n) is 16.9. The fourth-order valence-electron chi connectivity index (χ4n) is 3.35. The van der Waals surface area contributed by atoms with Crippen LogP contribution in [0.15, 0.2) is 23.1 Å². The monoisotopic (exact) mass is 378 g/mol. The predicted molar refractivity (Wildman–Crippen MR) is 102 cm³/mol. The van der Waals surface area contributed by atoms with E-state index in [-0.39, 0.29) is 30.6 Å². The number of carbonyl (C=O) groups excluding carboxylic acids is 2. The van der Waals surface area contributed by atoms with Gasteiger partial charge < -0.3 is 18.9 Å². The van der Waals surface area contributed by atoms with E-state index >= 15 is 0 Å². The molecule has 0 N–H and O–H groups in total. The van der Waals surface area contributed by atoms with Crippen LogP contribution >= 0.6 is 0 Å². The normalized spacial score (nSPS) is 20.3. The van der Waals surface area contributed by atoms with E-state index in [0.29, 0.717) is 19.5 Å². The first kappa shape index (κ1) is 21.0. The Balaban J connectivity index is 2.25. The SMILES string of the molecule is CCOC(=O)[C@H]1CN(C(=O)OC(C)(C)C)CC[C@@H]1c1ccn(CC)c(=O)c1. The van der Waals surface area contributed by atoms with Crippen LogP contribution in [0.2, 0.25) is 0 Å². The highest BCUT2D eigenvalue weighted by Gasteiger charge is 2.39. The molecule has 2 heterocycles. The Kier molecular flexibility index (Phi) is 6.68. The lowest BCUT2D eigenvalue weighted by Gasteiger charge is -2.38.